The zero-order valence-corrected chi connectivity index (χ0v) is 11.8. The molecule has 6 heteroatoms. The molecule has 0 saturated heterocycles. The number of thiazole rings is 1. The van der Waals surface area contributed by atoms with Crippen LogP contribution < -0.4 is 0 Å². The van der Waals surface area contributed by atoms with Gasteiger partial charge in [-0.3, -0.25) is 9.20 Å². The molecule has 2 aromatic heterocycles. The fraction of sp³-hybridized carbons (Fsp3) is 0.0714. The Bertz CT molecular complexity index is 826. The molecule has 0 bridgehead atoms. The summed E-state index contributed by atoms with van der Waals surface area (Å²) in [5.41, 5.74) is 2.46. The molecule has 3 aromatic rings. The summed E-state index contributed by atoms with van der Waals surface area (Å²) in [6.07, 6.45) is 1.81. The number of nitriles is 1. The molecule has 0 atom stereocenters. The van der Waals surface area contributed by atoms with Crippen LogP contribution >= 0.6 is 22.9 Å². The standard InChI is InChI=1S/C14H8ClN3OS/c15-7-11(19)13-12(17-14-18(13)5-6-20-14)10-3-1-9(8-16)2-4-10/h1-6H,7H2. The fourth-order valence-electron chi connectivity index (χ4n) is 2.02. The average Bonchev–Trinajstić information content (AvgIpc) is 3.07. The molecule has 2 heterocycles. The van der Waals surface area contributed by atoms with Gasteiger partial charge in [0, 0.05) is 17.1 Å². The number of alkyl halides is 1. The van der Waals surface area contributed by atoms with E-state index in [1.54, 1.807) is 34.9 Å². The van der Waals surface area contributed by atoms with Gasteiger partial charge >= 0.3 is 0 Å². The molecule has 4 nitrogen and oxygen atoms in total. The summed E-state index contributed by atoms with van der Waals surface area (Å²) >= 11 is 7.14. The van der Waals surface area contributed by atoms with Crippen molar-refractivity contribution in [3.8, 4) is 17.3 Å². The van der Waals surface area contributed by atoms with Crippen molar-refractivity contribution in [2.24, 2.45) is 0 Å². The van der Waals surface area contributed by atoms with Crippen LogP contribution in [0.5, 0.6) is 0 Å². The normalized spacial score (nSPS) is 10.6. The van der Waals surface area contributed by atoms with Crippen LogP contribution in [0.3, 0.4) is 0 Å². The zero-order valence-electron chi connectivity index (χ0n) is 10.2. The smallest absolute Gasteiger partial charge is 0.196 e. The Morgan fingerprint density at radius 2 is 2.15 bits per heavy atom. The number of benzene rings is 1. The van der Waals surface area contributed by atoms with Crippen LogP contribution in [0.15, 0.2) is 35.8 Å². The van der Waals surface area contributed by atoms with Gasteiger partial charge in [-0.15, -0.1) is 22.9 Å². The minimum absolute atomic E-state index is 0.0904. The second-order valence-corrected chi connectivity index (χ2v) is 5.25. The van der Waals surface area contributed by atoms with Gasteiger partial charge in [0.15, 0.2) is 10.7 Å². The summed E-state index contributed by atoms with van der Waals surface area (Å²) in [7, 11) is 0. The van der Waals surface area contributed by atoms with Gasteiger partial charge in [0.1, 0.15) is 11.4 Å². The molecule has 0 saturated carbocycles. The van der Waals surface area contributed by atoms with Gasteiger partial charge in [-0.05, 0) is 12.1 Å². The Kier molecular flexibility index (Phi) is 3.26. The number of imidazole rings is 1. The predicted octanol–water partition coefficient (Wildman–Crippen LogP) is 3.36. The Morgan fingerprint density at radius 1 is 1.40 bits per heavy atom. The number of fused-ring (bicyclic) bond motifs is 1. The Hall–Kier alpha value is -2.16. The molecule has 0 fully saturated rings. The van der Waals surface area contributed by atoms with Crippen LogP contribution in [-0.4, -0.2) is 21.0 Å². The Labute approximate surface area is 123 Å². The maximum absolute atomic E-state index is 12.1. The monoisotopic (exact) mass is 301 g/mol. The number of ketones is 1. The highest BCUT2D eigenvalue weighted by molar-refractivity contribution is 7.15. The number of carbonyl (C=O) groups excluding carboxylic acids is 1. The minimum Gasteiger partial charge on any atom is -0.291 e. The first kappa shape index (κ1) is 12.9. The lowest BCUT2D eigenvalue weighted by Gasteiger charge is -2.01. The second-order valence-electron chi connectivity index (χ2n) is 4.11. The molecule has 0 unspecified atom stereocenters. The molecular formula is C14H8ClN3OS. The fourth-order valence-corrected chi connectivity index (χ4v) is 2.86. The van der Waals surface area contributed by atoms with Gasteiger partial charge in [-0.2, -0.15) is 5.26 Å². The SMILES string of the molecule is N#Cc1ccc(-c2nc3sccn3c2C(=O)CCl)cc1. The number of rotatable bonds is 3. The first-order chi connectivity index (χ1) is 9.74. The number of halogens is 1. The van der Waals surface area contributed by atoms with E-state index in [0.29, 0.717) is 17.0 Å². The van der Waals surface area contributed by atoms with Gasteiger partial charge in [-0.25, -0.2) is 4.98 Å². The van der Waals surface area contributed by atoms with E-state index in [0.717, 1.165) is 10.5 Å². The highest BCUT2D eigenvalue weighted by Crippen LogP contribution is 2.27. The van der Waals surface area contributed by atoms with Crippen LogP contribution in [0, 0.1) is 11.3 Å². The van der Waals surface area contributed by atoms with Gasteiger partial charge in [0.05, 0.1) is 17.5 Å². The van der Waals surface area contributed by atoms with Crippen LogP contribution in [0.4, 0.5) is 0 Å². The van der Waals surface area contributed by atoms with Crippen LogP contribution in [0.1, 0.15) is 16.1 Å². The summed E-state index contributed by atoms with van der Waals surface area (Å²) in [6.45, 7) is 0. The molecule has 0 aliphatic carbocycles. The molecule has 0 N–H and O–H groups in total. The Morgan fingerprint density at radius 3 is 2.80 bits per heavy atom. The van der Waals surface area contributed by atoms with E-state index in [9.17, 15) is 4.79 Å². The van der Waals surface area contributed by atoms with E-state index in [-0.39, 0.29) is 11.7 Å². The van der Waals surface area contributed by atoms with E-state index in [2.05, 4.69) is 11.1 Å². The number of carbonyl (C=O) groups is 1. The second kappa shape index (κ2) is 5.08. The maximum atomic E-state index is 12.1. The van der Waals surface area contributed by atoms with Crippen molar-refractivity contribution in [2.45, 2.75) is 0 Å². The molecule has 0 aliphatic heterocycles. The summed E-state index contributed by atoms with van der Waals surface area (Å²) < 4.78 is 1.75. The van der Waals surface area contributed by atoms with E-state index in [1.807, 2.05) is 5.38 Å². The lowest BCUT2D eigenvalue weighted by molar-refractivity contribution is 0.101. The van der Waals surface area contributed by atoms with Crippen LogP contribution in [-0.2, 0) is 0 Å². The third-order valence-corrected chi connectivity index (χ3v) is 3.93. The summed E-state index contributed by atoms with van der Waals surface area (Å²) in [5.74, 6) is -0.260. The molecule has 98 valence electrons. The van der Waals surface area contributed by atoms with Gasteiger partial charge < -0.3 is 0 Å². The van der Waals surface area contributed by atoms with Gasteiger partial charge in [0.2, 0.25) is 0 Å². The van der Waals surface area contributed by atoms with Crippen molar-refractivity contribution in [3.05, 3.63) is 47.1 Å². The summed E-state index contributed by atoms with van der Waals surface area (Å²) in [5, 5.41) is 10.7. The number of nitrogens with zero attached hydrogens (tertiary/aromatic N) is 3. The first-order valence-corrected chi connectivity index (χ1v) is 7.21. The van der Waals surface area contributed by atoms with E-state index >= 15 is 0 Å². The van der Waals surface area contributed by atoms with Crippen LogP contribution in [0.25, 0.3) is 16.2 Å². The molecule has 0 aliphatic rings. The summed E-state index contributed by atoms with van der Waals surface area (Å²) in [4.78, 5) is 17.3. The highest BCUT2D eigenvalue weighted by atomic mass is 35.5. The third-order valence-electron chi connectivity index (χ3n) is 2.94. The molecule has 0 spiro atoms. The lowest BCUT2D eigenvalue weighted by Crippen LogP contribution is -2.05. The number of hydrogen-bond donors (Lipinski definition) is 0. The van der Waals surface area contributed by atoms with Crippen molar-refractivity contribution in [3.63, 3.8) is 0 Å². The average molecular weight is 302 g/mol. The molecule has 3 rings (SSSR count). The van der Waals surface area contributed by atoms with Crippen molar-refractivity contribution in [2.75, 3.05) is 5.88 Å². The van der Waals surface area contributed by atoms with Gasteiger partial charge in [-0.1, -0.05) is 12.1 Å². The maximum Gasteiger partial charge on any atom is 0.196 e. The zero-order chi connectivity index (χ0) is 14.1. The van der Waals surface area contributed by atoms with E-state index < -0.39 is 0 Å². The Balaban J connectivity index is 2.21. The largest absolute Gasteiger partial charge is 0.291 e. The third kappa shape index (κ3) is 1.99. The number of hydrogen-bond acceptors (Lipinski definition) is 4. The predicted molar refractivity (Wildman–Crippen MR) is 78.3 cm³/mol. The first-order valence-electron chi connectivity index (χ1n) is 5.80. The van der Waals surface area contributed by atoms with Gasteiger partial charge in [0.25, 0.3) is 0 Å². The summed E-state index contributed by atoms with van der Waals surface area (Å²) in [6, 6.07) is 9.05. The number of Topliss-reactive ketones (excluding diaryl/α,β-unsaturated/α-hetero) is 1. The van der Waals surface area contributed by atoms with Crippen molar-refractivity contribution in [1.82, 2.24) is 9.38 Å². The quantitative estimate of drug-likeness (QED) is 0.550. The topological polar surface area (TPSA) is 58.2 Å². The van der Waals surface area contributed by atoms with Crippen molar-refractivity contribution < 1.29 is 4.79 Å². The minimum atomic E-state index is -0.170. The van der Waals surface area contributed by atoms with Crippen LogP contribution in [0.2, 0.25) is 0 Å². The highest BCUT2D eigenvalue weighted by Gasteiger charge is 2.20. The van der Waals surface area contributed by atoms with E-state index in [4.69, 9.17) is 16.9 Å². The molecular weight excluding hydrogens is 294 g/mol. The number of aromatic nitrogens is 2. The van der Waals surface area contributed by atoms with Crippen molar-refractivity contribution in [1.29, 1.82) is 5.26 Å². The molecule has 0 radical (unpaired) electrons. The molecule has 20 heavy (non-hydrogen) atoms. The lowest BCUT2D eigenvalue weighted by atomic mass is 10.1. The van der Waals surface area contributed by atoms with Crippen molar-refractivity contribution >= 4 is 33.7 Å². The molecule has 1 aromatic carbocycles. The van der Waals surface area contributed by atoms with E-state index in [1.165, 1.54) is 11.3 Å². The molecule has 0 amide bonds.